The van der Waals surface area contributed by atoms with E-state index in [-0.39, 0.29) is 28.0 Å². The summed E-state index contributed by atoms with van der Waals surface area (Å²) in [7, 11) is 1.37. The van der Waals surface area contributed by atoms with Crippen LogP contribution in [0.5, 0.6) is 11.5 Å². The number of aliphatic hydroxyl groups is 1. The average Bonchev–Trinajstić information content (AvgIpc) is 3.58. The van der Waals surface area contributed by atoms with E-state index in [1.807, 2.05) is 0 Å². The summed E-state index contributed by atoms with van der Waals surface area (Å²) in [4.78, 5) is 32.8. The van der Waals surface area contributed by atoms with Crippen molar-refractivity contribution in [3.05, 3.63) is 95.2 Å². The number of benzene rings is 3. The van der Waals surface area contributed by atoms with Crippen molar-refractivity contribution in [3.63, 3.8) is 0 Å². The largest absolute Gasteiger partial charge is 0.504 e. The summed E-state index contributed by atoms with van der Waals surface area (Å²) >= 11 is 1.04. The van der Waals surface area contributed by atoms with Crippen molar-refractivity contribution in [3.8, 4) is 11.5 Å². The predicted octanol–water partition coefficient (Wildman–Crippen LogP) is 5.68. The number of para-hydroxylation sites is 1. The number of carbonyl (C=O) groups is 2. The summed E-state index contributed by atoms with van der Waals surface area (Å²) in [6.07, 6.45) is 0. The lowest BCUT2D eigenvalue weighted by molar-refractivity contribution is -0.117. The first-order chi connectivity index (χ1) is 17.9. The van der Waals surface area contributed by atoms with E-state index in [0.29, 0.717) is 26.7 Å². The topological polar surface area (TPSA) is 113 Å². The van der Waals surface area contributed by atoms with Crippen LogP contribution in [-0.4, -0.2) is 34.0 Å². The van der Waals surface area contributed by atoms with Crippen molar-refractivity contribution < 1.29 is 33.3 Å². The maximum atomic E-state index is 13.8. The van der Waals surface area contributed by atoms with Crippen molar-refractivity contribution in [1.29, 1.82) is 0 Å². The van der Waals surface area contributed by atoms with Gasteiger partial charge in [0.2, 0.25) is 5.78 Å². The van der Waals surface area contributed by atoms with Crippen LogP contribution in [0.4, 0.5) is 9.52 Å². The second kappa shape index (κ2) is 8.45. The van der Waals surface area contributed by atoms with E-state index in [4.69, 9.17) is 9.15 Å². The molecule has 0 saturated carbocycles. The fourth-order valence-electron chi connectivity index (χ4n) is 4.43. The number of furan rings is 1. The lowest BCUT2D eigenvalue weighted by Gasteiger charge is -2.24. The molecule has 1 aliphatic heterocycles. The molecule has 184 valence electrons. The molecule has 8 nitrogen and oxygen atoms in total. The molecule has 3 heterocycles. The Bertz CT molecular complexity index is 1740. The van der Waals surface area contributed by atoms with Gasteiger partial charge in [-0.2, -0.15) is 0 Å². The third kappa shape index (κ3) is 3.61. The molecule has 1 aliphatic rings. The second-order valence-corrected chi connectivity index (χ2v) is 9.37. The number of hydrogen-bond donors (Lipinski definition) is 2. The fourth-order valence-corrected chi connectivity index (χ4v) is 5.45. The highest BCUT2D eigenvalue weighted by Crippen LogP contribution is 2.46. The third-order valence-electron chi connectivity index (χ3n) is 6.17. The van der Waals surface area contributed by atoms with Gasteiger partial charge in [-0.15, -0.1) is 0 Å². The van der Waals surface area contributed by atoms with Gasteiger partial charge in [0, 0.05) is 5.39 Å². The minimum atomic E-state index is -1.13. The number of carbonyl (C=O) groups excluding carboxylic acids is 2. The van der Waals surface area contributed by atoms with Gasteiger partial charge in [0.25, 0.3) is 5.91 Å². The number of amides is 1. The van der Waals surface area contributed by atoms with Gasteiger partial charge in [-0.1, -0.05) is 35.6 Å². The van der Waals surface area contributed by atoms with E-state index in [1.54, 1.807) is 30.3 Å². The van der Waals surface area contributed by atoms with Gasteiger partial charge in [-0.05, 0) is 48.0 Å². The molecule has 2 aromatic heterocycles. The Hall–Kier alpha value is -4.70. The molecule has 0 aliphatic carbocycles. The Morgan fingerprint density at radius 3 is 2.70 bits per heavy atom. The number of Topliss-reactive ketones (excluding diaryl/α,β-unsaturated/α-hetero) is 1. The summed E-state index contributed by atoms with van der Waals surface area (Å²) in [5, 5.41) is 22.0. The molecule has 10 heteroatoms. The number of ether oxygens (including phenoxy) is 1. The standard InChI is InChI=1S/C27H17FN2O6S/c1-35-19-11-14(6-9-17(19)31)23-22(24(32)20-10-13-4-2-3-5-18(13)36-20)25(33)26(34)30(23)27-29-16-8-7-15(28)12-21(16)37-27/h2-12,23,31,33H,1H3. The molecule has 37 heavy (non-hydrogen) atoms. The molecule has 1 atom stereocenters. The highest BCUT2D eigenvalue weighted by Gasteiger charge is 2.46. The summed E-state index contributed by atoms with van der Waals surface area (Å²) < 4.78 is 25.3. The molecule has 6 rings (SSSR count). The second-order valence-electron chi connectivity index (χ2n) is 8.36. The molecule has 1 amide bonds. The van der Waals surface area contributed by atoms with Crippen LogP contribution in [-0.2, 0) is 4.79 Å². The molecule has 0 radical (unpaired) electrons. The van der Waals surface area contributed by atoms with E-state index in [2.05, 4.69) is 4.98 Å². The molecular weight excluding hydrogens is 499 g/mol. The van der Waals surface area contributed by atoms with Crippen molar-refractivity contribution in [2.24, 2.45) is 0 Å². The first-order valence-electron chi connectivity index (χ1n) is 11.1. The van der Waals surface area contributed by atoms with Gasteiger partial charge in [0.1, 0.15) is 11.4 Å². The quantitative estimate of drug-likeness (QED) is 0.289. The molecule has 3 aromatic carbocycles. The highest BCUT2D eigenvalue weighted by molar-refractivity contribution is 7.22. The van der Waals surface area contributed by atoms with Gasteiger partial charge in [-0.25, -0.2) is 9.37 Å². The average molecular weight is 517 g/mol. The Balaban J connectivity index is 1.53. The van der Waals surface area contributed by atoms with E-state index >= 15 is 0 Å². The molecular formula is C27H17FN2O6S. The number of anilines is 1. The van der Waals surface area contributed by atoms with Crippen molar-refractivity contribution >= 4 is 49.3 Å². The van der Waals surface area contributed by atoms with Crippen molar-refractivity contribution in [1.82, 2.24) is 4.98 Å². The molecule has 1 unspecified atom stereocenters. The van der Waals surface area contributed by atoms with Gasteiger partial charge < -0.3 is 19.4 Å². The maximum Gasteiger partial charge on any atom is 0.296 e. The minimum Gasteiger partial charge on any atom is -0.504 e. The van der Waals surface area contributed by atoms with E-state index in [1.165, 1.54) is 48.4 Å². The summed E-state index contributed by atoms with van der Waals surface area (Å²) in [5.41, 5.74) is 1.08. The number of nitrogens with zero attached hydrogens (tertiary/aromatic N) is 2. The van der Waals surface area contributed by atoms with Crippen molar-refractivity contribution in [2.75, 3.05) is 12.0 Å². The van der Waals surface area contributed by atoms with Crippen LogP contribution >= 0.6 is 11.3 Å². The first-order valence-corrected chi connectivity index (χ1v) is 11.9. The number of halogens is 1. The maximum absolute atomic E-state index is 13.8. The number of aromatic hydroxyl groups is 1. The number of hydrogen-bond acceptors (Lipinski definition) is 8. The Morgan fingerprint density at radius 1 is 1.11 bits per heavy atom. The van der Waals surface area contributed by atoms with Crippen LogP contribution in [0.2, 0.25) is 0 Å². The smallest absolute Gasteiger partial charge is 0.296 e. The zero-order chi connectivity index (χ0) is 25.8. The van der Waals surface area contributed by atoms with Crippen LogP contribution < -0.4 is 9.64 Å². The summed E-state index contributed by atoms with van der Waals surface area (Å²) in [5.74, 6) is -2.84. The third-order valence-corrected chi connectivity index (χ3v) is 7.18. The van der Waals surface area contributed by atoms with Crippen LogP contribution in [0, 0.1) is 5.82 Å². The van der Waals surface area contributed by atoms with Crippen molar-refractivity contribution in [2.45, 2.75) is 6.04 Å². The van der Waals surface area contributed by atoms with Crippen LogP contribution in [0.25, 0.3) is 21.2 Å². The van der Waals surface area contributed by atoms with Gasteiger partial charge in [0.05, 0.1) is 28.9 Å². The molecule has 2 N–H and O–H groups in total. The van der Waals surface area contributed by atoms with Crippen LogP contribution in [0.15, 0.2) is 82.5 Å². The van der Waals surface area contributed by atoms with E-state index in [0.717, 1.165) is 11.3 Å². The highest BCUT2D eigenvalue weighted by atomic mass is 32.1. The molecule has 0 fully saturated rings. The fraction of sp³-hybridized carbons (Fsp3) is 0.0741. The zero-order valence-corrected chi connectivity index (χ0v) is 20.0. The lowest BCUT2D eigenvalue weighted by atomic mass is 9.95. The van der Waals surface area contributed by atoms with E-state index < -0.39 is 29.3 Å². The number of aliphatic hydroxyl groups excluding tert-OH is 1. The van der Waals surface area contributed by atoms with Gasteiger partial charge in [0.15, 0.2) is 28.1 Å². The van der Waals surface area contributed by atoms with Crippen LogP contribution in [0.1, 0.15) is 22.2 Å². The summed E-state index contributed by atoms with van der Waals surface area (Å²) in [6, 6.07) is 15.8. The lowest BCUT2D eigenvalue weighted by Crippen LogP contribution is -2.31. The number of ketones is 1. The molecule has 5 aromatic rings. The number of phenols is 1. The predicted molar refractivity (Wildman–Crippen MR) is 135 cm³/mol. The van der Waals surface area contributed by atoms with E-state index in [9.17, 15) is 24.2 Å². The molecule has 0 saturated heterocycles. The molecule has 0 bridgehead atoms. The Kier molecular flexibility index (Phi) is 5.20. The number of rotatable bonds is 5. The number of methoxy groups -OCH3 is 1. The van der Waals surface area contributed by atoms with Gasteiger partial charge in [-0.3, -0.25) is 14.5 Å². The zero-order valence-electron chi connectivity index (χ0n) is 19.1. The number of thiazole rings is 1. The van der Waals surface area contributed by atoms with Gasteiger partial charge >= 0.3 is 0 Å². The SMILES string of the molecule is COc1cc(C2C(C(=O)c3cc4ccccc4o3)=C(O)C(=O)N2c2nc3ccc(F)cc3s2)ccc1O. The molecule has 0 spiro atoms. The Morgan fingerprint density at radius 2 is 1.92 bits per heavy atom. The first kappa shape index (κ1) is 22.7. The number of phenolic OH excluding ortho intramolecular Hbond substituents is 1. The summed E-state index contributed by atoms with van der Waals surface area (Å²) in [6.45, 7) is 0. The van der Waals surface area contributed by atoms with Crippen LogP contribution in [0.3, 0.4) is 0 Å². The number of fused-ring (bicyclic) bond motifs is 2. The monoisotopic (exact) mass is 516 g/mol. The minimum absolute atomic E-state index is 0.0560. The Labute approximate surface area is 212 Å². The normalized spacial score (nSPS) is 15.8. The number of aromatic nitrogens is 1.